The highest BCUT2D eigenvalue weighted by Crippen LogP contribution is 2.33. The van der Waals surface area contributed by atoms with Crippen molar-refractivity contribution in [2.75, 3.05) is 18.2 Å². The molecule has 1 fully saturated rings. The van der Waals surface area contributed by atoms with Gasteiger partial charge in [-0.15, -0.1) is 10.2 Å². The highest BCUT2D eigenvalue weighted by Gasteiger charge is 2.39. The van der Waals surface area contributed by atoms with Gasteiger partial charge in [0.1, 0.15) is 5.75 Å². The van der Waals surface area contributed by atoms with Crippen LogP contribution in [0.1, 0.15) is 46.1 Å². The zero-order valence-corrected chi connectivity index (χ0v) is 19.9. The molecule has 1 aromatic carbocycles. The maximum atomic E-state index is 11.3. The number of aromatic hydroxyl groups is 1. The lowest BCUT2D eigenvalue weighted by molar-refractivity contribution is 0.160. The Bertz CT molecular complexity index is 1060. The van der Waals surface area contributed by atoms with Gasteiger partial charge in [0.25, 0.3) is 0 Å². The number of hydrogen-bond acceptors (Lipinski definition) is 7. The van der Waals surface area contributed by atoms with Gasteiger partial charge in [0.05, 0.1) is 5.69 Å². The van der Waals surface area contributed by atoms with Gasteiger partial charge in [0, 0.05) is 41.4 Å². The second-order valence-electron chi connectivity index (χ2n) is 9.75. The van der Waals surface area contributed by atoms with Gasteiger partial charge < -0.3 is 15.3 Å². The molecule has 1 aromatic heterocycles. The second kappa shape index (κ2) is 8.24. The molecule has 2 heterocycles. The average molecular weight is 445 g/mol. The first-order valence-corrected chi connectivity index (χ1v) is 12.3. The molecule has 1 aliphatic rings. The van der Waals surface area contributed by atoms with Crippen LogP contribution in [0.3, 0.4) is 0 Å². The summed E-state index contributed by atoms with van der Waals surface area (Å²) in [6.07, 6.45) is 4.57. The molecule has 168 valence electrons. The summed E-state index contributed by atoms with van der Waals surface area (Å²) in [5.74, 6) is 0.808. The van der Waals surface area contributed by atoms with E-state index in [1.165, 1.54) is 12.1 Å². The van der Waals surface area contributed by atoms with Crippen LogP contribution in [0.5, 0.6) is 5.75 Å². The Morgan fingerprint density at radius 3 is 2.26 bits per heavy atom. The first-order valence-electron chi connectivity index (χ1n) is 10.3. The monoisotopic (exact) mass is 444 g/mol. The van der Waals surface area contributed by atoms with Gasteiger partial charge in [0.15, 0.2) is 15.7 Å². The molecule has 0 atom stereocenters. The van der Waals surface area contributed by atoms with Crippen LogP contribution in [-0.2, 0) is 9.84 Å². The van der Waals surface area contributed by atoms with Gasteiger partial charge in [-0.3, -0.25) is 0 Å². The predicted molar refractivity (Wildman–Crippen MR) is 126 cm³/mol. The largest absolute Gasteiger partial charge is 0.507 e. The minimum atomic E-state index is -3.23. The number of anilines is 1. The summed E-state index contributed by atoms with van der Waals surface area (Å²) in [6.45, 7) is 8.89. The number of nitrogens with zero attached hydrogens (tertiary/aromatic N) is 3. The van der Waals surface area contributed by atoms with Gasteiger partial charge in [-0.2, -0.15) is 0 Å². The molecule has 0 unspecified atom stereocenters. The Morgan fingerprint density at radius 1 is 1.10 bits per heavy atom. The minimum absolute atomic E-state index is 0.0212. The summed E-state index contributed by atoms with van der Waals surface area (Å²) in [5, 5.41) is 23.9. The lowest BCUT2D eigenvalue weighted by Crippen LogP contribution is -2.62. The maximum absolute atomic E-state index is 11.3. The van der Waals surface area contributed by atoms with Crippen LogP contribution in [0.15, 0.2) is 35.7 Å². The Hall–Kier alpha value is -2.45. The van der Waals surface area contributed by atoms with E-state index in [2.05, 4.69) is 48.1 Å². The summed E-state index contributed by atoms with van der Waals surface area (Å²) in [4.78, 5) is 2.18. The normalized spacial score (nSPS) is 18.9. The molecule has 2 aromatic rings. The fourth-order valence-corrected chi connectivity index (χ4v) is 4.86. The SMILES string of the molecule is CN(c1ccc(-c2ccc(C=CS(C)(=O)=O)cc2O)nn1)C1CC(C)(C)NC(C)(C)C1. The third-order valence-electron chi connectivity index (χ3n) is 5.53. The fraction of sp³-hybridized carbons (Fsp3) is 0.478. The van der Waals surface area contributed by atoms with Gasteiger partial charge in [0.2, 0.25) is 0 Å². The van der Waals surface area contributed by atoms with Crippen LogP contribution in [0, 0.1) is 0 Å². The molecule has 31 heavy (non-hydrogen) atoms. The number of rotatable bonds is 5. The number of aromatic nitrogens is 2. The molecule has 2 N–H and O–H groups in total. The van der Waals surface area contributed by atoms with Crippen LogP contribution >= 0.6 is 0 Å². The van der Waals surface area contributed by atoms with Crippen molar-refractivity contribution in [3.63, 3.8) is 0 Å². The van der Waals surface area contributed by atoms with Crippen molar-refractivity contribution in [1.82, 2.24) is 15.5 Å². The Morgan fingerprint density at radius 2 is 1.74 bits per heavy atom. The molecule has 7 nitrogen and oxygen atoms in total. The van der Waals surface area contributed by atoms with Gasteiger partial charge in [-0.05, 0) is 76.4 Å². The molecule has 1 saturated heterocycles. The number of nitrogens with one attached hydrogen (secondary N) is 1. The van der Waals surface area contributed by atoms with Crippen molar-refractivity contribution in [1.29, 1.82) is 0 Å². The number of phenolic OH excluding ortho intramolecular Hbond substituents is 1. The number of sulfone groups is 1. The summed E-state index contributed by atoms with van der Waals surface area (Å²) in [7, 11) is -1.18. The second-order valence-corrected chi connectivity index (χ2v) is 11.7. The molecular formula is C23H32N4O3S. The third-order valence-corrected chi connectivity index (χ3v) is 6.16. The molecule has 0 saturated carbocycles. The molecule has 0 aliphatic carbocycles. The fourth-order valence-electron chi connectivity index (χ4n) is 4.46. The molecule has 3 rings (SSSR count). The summed E-state index contributed by atoms with van der Waals surface area (Å²) in [6, 6.07) is 9.05. The predicted octanol–water partition coefficient (Wildman–Crippen LogP) is 3.61. The molecule has 0 bridgehead atoms. The standard InChI is InChI=1S/C23H32N4O3S/c1-22(2)14-17(15-23(3,4)26-22)27(5)21-10-9-19(24-25-21)18-8-7-16(13-20(18)28)11-12-31(6,29)30/h7-13,17,26,28H,14-15H2,1-6H3. The summed E-state index contributed by atoms with van der Waals surface area (Å²) < 4.78 is 22.6. The van der Waals surface area contributed by atoms with E-state index in [-0.39, 0.29) is 16.8 Å². The van der Waals surface area contributed by atoms with E-state index in [4.69, 9.17) is 0 Å². The molecular weight excluding hydrogens is 412 g/mol. The lowest BCUT2D eigenvalue weighted by Gasteiger charge is -2.49. The molecule has 1 aliphatic heterocycles. The van der Waals surface area contributed by atoms with Gasteiger partial charge in [-0.1, -0.05) is 6.07 Å². The minimum Gasteiger partial charge on any atom is -0.507 e. The highest BCUT2D eigenvalue weighted by atomic mass is 32.2. The summed E-state index contributed by atoms with van der Waals surface area (Å²) in [5.41, 5.74) is 1.76. The van der Waals surface area contributed by atoms with Gasteiger partial charge >= 0.3 is 0 Å². The highest BCUT2D eigenvalue weighted by molar-refractivity contribution is 7.93. The van der Waals surface area contributed by atoms with Crippen molar-refractivity contribution in [3.8, 4) is 17.0 Å². The number of hydrogen-bond donors (Lipinski definition) is 2. The topological polar surface area (TPSA) is 95.4 Å². The van der Waals surface area contributed by atoms with E-state index in [0.717, 1.165) is 30.3 Å². The van der Waals surface area contributed by atoms with Gasteiger partial charge in [-0.25, -0.2) is 8.42 Å². The number of benzene rings is 1. The van der Waals surface area contributed by atoms with Crippen molar-refractivity contribution < 1.29 is 13.5 Å². The zero-order chi connectivity index (χ0) is 23.0. The lowest BCUT2D eigenvalue weighted by atomic mass is 9.79. The van der Waals surface area contributed by atoms with Crippen LogP contribution in [0.2, 0.25) is 0 Å². The van der Waals surface area contributed by atoms with E-state index >= 15 is 0 Å². The first kappa shape index (κ1) is 23.2. The maximum Gasteiger partial charge on any atom is 0.168 e. The van der Waals surface area contributed by atoms with Crippen LogP contribution in [-0.4, -0.2) is 54.1 Å². The van der Waals surface area contributed by atoms with Crippen molar-refractivity contribution in [2.24, 2.45) is 0 Å². The number of piperidine rings is 1. The van der Waals surface area contributed by atoms with E-state index in [0.29, 0.717) is 22.9 Å². The molecule has 0 spiro atoms. The summed E-state index contributed by atoms with van der Waals surface area (Å²) >= 11 is 0. The van der Waals surface area contributed by atoms with E-state index < -0.39 is 9.84 Å². The zero-order valence-electron chi connectivity index (χ0n) is 19.0. The van der Waals surface area contributed by atoms with Crippen molar-refractivity contribution >= 4 is 21.7 Å². The number of phenols is 1. The molecule has 0 radical (unpaired) electrons. The smallest absolute Gasteiger partial charge is 0.168 e. The van der Waals surface area contributed by atoms with E-state index in [9.17, 15) is 13.5 Å². The van der Waals surface area contributed by atoms with E-state index in [1.807, 2.05) is 19.2 Å². The van der Waals surface area contributed by atoms with E-state index in [1.54, 1.807) is 12.1 Å². The molecule has 0 amide bonds. The van der Waals surface area contributed by atoms with Crippen LogP contribution in [0.4, 0.5) is 5.82 Å². The van der Waals surface area contributed by atoms with Crippen molar-refractivity contribution in [3.05, 3.63) is 41.3 Å². The Balaban J connectivity index is 1.79. The van der Waals surface area contributed by atoms with Crippen molar-refractivity contribution in [2.45, 2.75) is 57.7 Å². The van der Waals surface area contributed by atoms with Crippen LogP contribution < -0.4 is 10.2 Å². The Labute approximate surface area is 185 Å². The molecule has 8 heteroatoms. The average Bonchev–Trinajstić information content (AvgIpc) is 2.63. The quantitative estimate of drug-likeness (QED) is 0.727. The Kier molecular flexibility index (Phi) is 6.17. The van der Waals surface area contributed by atoms with Crippen LogP contribution in [0.25, 0.3) is 17.3 Å². The first-order chi connectivity index (χ1) is 14.2. The third kappa shape index (κ3) is 6.04.